The average Bonchev–Trinajstić information content (AvgIpc) is 2.43. The van der Waals surface area contributed by atoms with E-state index < -0.39 is 11.8 Å². The number of hydrogen-bond donors (Lipinski definition) is 0. The van der Waals surface area contributed by atoms with Crippen LogP contribution in [0.2, 0.25) is 0 Å². The molecule has 0 aromatic heterocycles. The molecule has 0 saturated heterocycles. The maximum Gasteiger partial charge on any atom is 0.137 e. The number of nitrogens with zero attached hydrogens (tertiary/aromatic N) is 4. The Kier molecular flexibility index (Phi) is 4.93. The fourth-order valence-electron chi connectivity index (χ4n) is 1.64. The summed E-state index contributed by atoms with van der Waals surface area (Å²) in [7, 11) is 0. The molecule has 0 N–H and O–H groups in total. The molecule has 0 fully saturated rings. The van der Waals surface area contributed by atoms with Gasteiger partial charge < -0.3 is 0 Å². The predicted octanol–water partition coefficient (Wildman–Crippen LogP) is 2.10. The van der Waals surface area contributed by atoms with Gasteiger partial charge in [-0.1, -0.05) is 24.3 Å². The normalized spacial score (nSPS) is 9.22. The number of rotatable bonds is 4. The molecule has 1 aromatic carbocycles. The first kappa shape index (κ1) is 13.2. The lowest BCUT2D eigenvalue weighted by Gasteiger charge is -2.09. The van der Waals surface area contributed by atoms with Gasteiger partial charge in [0.1, 0.15) is 11.8 Å². The smallest absolute Gasteiger partial charge is 0.137 e. The Morgan fingerprint density at radius 3 is 1.33 bits per heavy atom. The molecule has 0 saturated carbocycles. The highest BCUT2D eigenvalue weighted by atomic mass is 14.3. The SMILES string of the molecule is N#CC(C#N)Cc1ccccc1CC(C#N)C#N. The van der Waals surface area contributed by atoms with Crippen molar-refractivity contribution in [1.82, 2.24) is 0 Å². The highest BCUT2D eigenvalue weighted by Gasteiger charge is 2.13. The molecule has 0 atom stereocenters. The Labute approximate surface area is 106 Å². The molecule has 0 bridgehead atoms. The third-order valence-electron chi connectivity index (χ3n) is 2.59. The summed E-state index contributed by atoms with van der Waals surface area (Å²) < 4.78 is 0. The molecule has 0 amide bonds. The number of hydrogen-bond acceptors (Lipinski definition) is 4. The molecule has 1 rings (SSSR count). The van der Waals surface area contributed by atoms with Crippen LogP contribution in [0, 0.1) is 57.2 Å². The molecule has 0 aliphatic carbocycles. The number of nitriles is 4. The molecule has 4 nitrogen and oxygen atoms in total. The van der Waals surface area contributed by atoms with E-state index in [0.717, 1.165) is 11.1 Å². The van der Waals surface area contributed by atoms with Crippen LogP contribution < -0.4 is 0 Å². The molecule has 0 unspecified atom stereocenters. The van der Waals surface area contributed by atoms with E-state index >= 15 is 0 Å². The summed E-state index contributed by atoms with van der Waals surface area (Å²) in [5.41, 5.74) is 1.70. The van der Waals surface area contributed by atoms with Crippen molar-refractivity contribution in [2.45, 2.75) is 12.8 Å². The van der Waals surface area contributed by atoms with Crippen LogP contribution in [-0.2, 0) is 12.8 Å². The van der Waals surface area contributed by atoms with Crippen LogP contribution in [0.25, 0.3) is 0 Å². The van der Waals surface area contributed by atoms with Crippen molar-refractivity contribution in [3.05, 3.63) is 35.4 Å². The van der Waals surface area contributed by atoms with Gasteiger partial charge in [0, 0.05) is 12.8 Å². The van der Waals surface area contributed by atoms with E-state index in [1.54, 1.807) is 0 Å². The summed E-state index contributed by atoms with van der Waals surface area (Å²) in [6, 6.07) is 15.0. The fourth-order valence-corrected chi connectivity index (χ4v) is 1.64. The molecule has 0 aliphatic heterocycles. The fraction of sp³-hybridized carbons (Fsp3) is 0.286. The molecule has 86 valence electrons. The zero-order valence-electron chi connectivity index (χ0n) is 9.67. The van der Waals surface area contributed by atoms with Crippen LogP contribution in [0.3, 0.4) is 0 Å². The first-order chi connectivity index (χ1) is 8.74. The molecule has 0 aliphatic rings. The van der Waals surface area contributed by atoms with E-state index in [1.165, 1.54) is 0 Å². The monoisotopic (exact) mass is 234 g/mol. The van der Waals surface area contributed by atoms with Crippen LogP contribution in [-0.4, -0.2) is 0 Å². The van der Waals surface area contributed by atoms with Crippen LogP contribution in [0.15, 0.2) is 24.3 Å². The van der Waals surface area contributed by atoms with E-state index in [4.69, 9.17) is 21.0 Å². The van der Waals surface area contributed by atoms with Gasteiger partial charge in [0.15, 0.2) is 0 Å². The van der Waals surface area contributed by atoms with Crippen LogP contribution in [0.1, 0.15) is 11.1 Å². The topological polar surface area (TPSA) is 95.2 Å². The van der Waals surface area contributed by atoms with E-state index in [1.807, 2.05) is 48.5 Å². The van der Waals surface area contributed by atoms with Gasteiger partial charge in [-0.3, -0.25) is 0 Å². The summed E-state index contributed by atoms with van der Waals surface area (Å²) in [4.78, 5) is 0. The third kappa shape index (κ3) is 3.34. The lowest BCUT2D eigenvalue weighted by atomic mass is 9.92. The van der Waals surface area contributed by atoms with Crippen LogP contribution in [0.5, 0.6) is 0 Å². The van der Waals surface area contributed by atoms with Gasteiger partial charge in [-0.15, -0.1) is 0 Å². The van der Waals surface area contributed by atoms with Gasteiger partial charge in [0.25, 0.3) is 0 Å². The Morgan fingerprint density at radius 1 is 0.722 bits per heavy atom. The van der Waals surface area contributed by atoms with Gasteiger partial charge in [-0.25, -0.2) is 0 Å². The second-order valence-electron chi connectivity index (χ2n) is 3.80. The summed E-state index contributed by atoms with van der Waals surface area (Å²) in [5, 5.41) is 35.1. The third-order valence-corrected chi connectivity index (χ3v) is 2.59. The van der Waals surface area contributed by atoms with Crippen molar-refractivity contribution in [1.29, 1.82) is 21.0 Å². The van der Waals surface area contributed by atoms with Gasteiger partial charge in [-0.2, -0.15) is 21.0 Å². The minimum Gasteiger partial charge on any atom is -0.197 e. The Morgan fingerprint density at radius 2 is 1.06 bits per heavy atom. The molecule has 4 heteroatoms. The number of benzene rings is 1. The zero-order valence-corrected chi connectivity index (χ0v) is 9.67. The van der Waals surface area contributed by atoms with Crippen LogP contribution >= 0.6 is 0 Å². The molecular weight excluding hydrogens is 224 g/mol. The Hall–Kier alpha value is -2.82. The highest BCUT2D eigenvalue weighted by Crippen LogP contribution is 2.17. The predicted molar refractivity (Wildman–Crippen MR) is 63.3 cm³/mol. The van der Waals surface area contributed by atoms with E-state index in [0.29, 0.717) is 12.8 Å². The average molecular weight is 234 g/mol. The van der Waals surface area contributed by atoms with Gasteiger partial charge >= 0.3 is 0 Å². The van der Waals surface area contributed by atoms with Crippen molar-refractivity contribution in [2.75, 3.05) is 0 Å². The van der Waals surface area contributed by atoms with Crippen molar-refractivity contribution < 1.29 is 0 Å². The first-order valence-corrected chi connectivity index (χ1v) is 5.40. The second-order valence-corrected chi connectivity index (χ2v) is 3.80. The molecule has 1 aromatic rings. The van der Waals surface area contributed by atoms with E-state index in [2.05, 4.69) is 0 Å². The van der Waals surface area contributed by atoms with E-state index in [-0.39, 0.29) is 0 Å². The standard InChI is InChI=1S/C14H10N4/c15-7-11(8-16)5-13-3-1-2-4-14(13)6-12(9-17)10-18/h1-4,11-12H,5-6H2. The summed E-state index contributed by atoms with van der Waals surface area (Å²) in [6.07, 6.45) is 0.652. The Bertz CT molecular complexity index is 497. The summed E-state index contributed by atoms with van der Waals surface area (Å²) >= 11 is 0. The molecule has 0 heterocycles. The van der Waals surface area contributed by atoms with Gasteiger partial charge in [0.2, 0.25) is 0 Å². The second kappa shape index (κ2) is 6.70. The minimum atomic E-state index is -0.700. The van der Waals surface area contributed by atoms with Crippen molar-refractivity contribution in [3.8, 4) is 24.3 Å². The van der Waals surface area contributed by atoms with E-state index in [9.17, 15) is 0 Å². The lowest BCUT2D eigenvalue weighted by Crippen LogP contribution is -2.06. The molecule has 0 spiro atoms. The van der Waals surface area contributed by atoms with Crippen LogP contribution in [0.4, 0.5) is 0 Å². The van der Waals surface area contributed by atoms with Crippen molar-refractivity contribution in [2.24, 2.45) is 11.8 Å². The quantitative estimate of drug-likeness (QED) is 0.796. The molecule has 18 heavy (non-hydrogen) atoms. The maximum atomic E-state index is 8.78. The first-order valence-electron chi connectivity index (χ1n) is 5.40. The minimum absolute atomic E-state index is 0.326. The lowest BCUT2D eigenvalue weighted by molar-refractivity contribution is 0.784. The van der Waals surface area contributed by atoms with Gasteiger partial charge in [-0.05, 0) is 11.1 Å². The highest BCUT2D eigenvalue weighted by molar-refractivity contribution is 5.31. The maximum absolute atomic E-state index is 8.78. The largest absolute Gasteiger partial charge is 0.197 e. The van der Waals surface area contributed by atoms with Gasteiger partial charge in [0.05, 0.1) is 24.3 Å². The summed E-state index contributed by atoms with van der Waals surface area (Å²) in [5.74, 6) is -1.40. The summed E-state index contributed by atoms with van der Waals surface area (Å²) in [6.45, 7) is 0. The van der Waals surface area contributed by atoms with Crippen molar-refractivity contribution >= 4 is 0 Å². The Balaban J connectivity index is 2.95. The molecular formula is C14H10N4. The molecule has 0 radical (unpaired) electrons. The van der Waals surface area contributed by atoms with Crippen molar-refractivity contribution in [3.63, 3.8) is 0 Å². The zero-order chi connectivity index (χ0) is 13.4.